The maximum absolute atomic E-state index is 12.7. The van der Waals surface area contributed by atoms with E-state index in [1.54, 1.807) is 24.3 Å². The van der Waals surface area contributed by atoms with Crippen molar-refractivity contribution in [3.8, 4) is 11.4 Å². The van der Waals surface area contributed by atoms with E-state index in [-0.39, 0.29) is 12.2 Å². The zero-order valence-electron chi connectivity index (χ0n) is 16.5. The molecule has 0 amide bonds. The van der Waals surface area contributed by atoms with Crippen LogP contribution in [0.2, 0.25) is 0 Å². The summed E-state index contributed by atoms with van der Waals surface area (Å²) in [6.07, 6.45) is 3.02. The lowest BCUT2D eigenvalue weighted by molar-refractivity contribution is -0.136. The van der Waals surface area contributed by atoms with Gasteiger partial charge in [0.1, 0.15) is 5.75 Å². The lowest BCUT2D eigenvalue weighted by Crippen LogP contribution is -2.04. The van der Waals surface area contributed by atoms with Crippen molar-refractivity contribution in [2.45, 2.75) is 20.3 Å². The summed E-state index contributed by atoms with van der Waals surface area (Å²) in [5.41, 5.74) is 4.44. The van der Waals surface area contributed by atoms with Crippen LogP contribution in [0.4, 0.5) is 0 Å². The molecule has 0 aliphatic carbocycles. The van der Waals surface area contributed by atoms with Crippen LogP contribution >= 0.6 is 0 Å². The molecule has 1 N–H and O–H groups in total. The highest BCUT2D eigenvalue weighted by Gasteiger charge is 2.13. The van der Waals surface area contributed by atoms with E-state index in [1.165, 1.54) is 13.2 Å². The van der Waals surface area contributed by atoms with Crippen molar-refractivity contribution in [3.05, 3.63) is 82.7 Å². The second kappa shape index (κ2) is 8.56. The van der Waals surface area contributed by atoms with E-state index in [0.717, 1.165) is 22.6 Å². The number of aliphatic carboxylic acids is 1. The average Bonchev–Trinajstić information content (AvgIpc) is 3.00. The van der Waals surface area contributed by atoms with Crippen LogP contribution in [0.3, 0.4) is 0 Å². The molecule has 2 aromatic carbocycles. The Bertz CT molecular complexity index is 1080. The number of aromatic nitrogens is 2. The largest absolute Gasteiger partial charge is 0.496 e. The van der Waals surface area contributed by atoms with Gasteiger partial charge in [-0.15, -0.1) is 0 Å². The van der Waals surface area contributed by atoms with E-state index >= 15 is 0 Å². The van der Waals surface area contributed by atoms with Gasteiger partial charge in [-0.2, -0.15) is 5.10 Å². The van der Waals surface area contributed by atoms with Crippen LogP contribution < -0.4 is 4.74 Å². The van der Waals surface area contributed by atoms with E-state index in [1.807, 2.05) is 48.9 Å². The highest BCUT2D eigenvalue weighted by atomic mass is 16.5. The predicted molar refractivity (Wildman–Crippen MR) is 111 cm³/mol. The molecule has 6 nitrogen and oxygen atoms in total. The number of carbonyl (C=O) groups excluding carboxylic acids is 1. The monoisotopic (exact) mass is 390 g/mol. The Morgan fingerprint density at radius 3 is 2.52 bits per heavy atom. The Kier molecular flexibility index (Phi) is 5.93. The van der Waals surface area contributed by atoms with Gasteiger partial charge >= 0.3 is 5.97 Å². The van der Waals surface area contributed by atoms with Crippen LogP contribution in [0.5, 0.6) is 5.75 Å². The highest BCUT2D eigenvalue weighted by molar-refractivity contribution is 6.07. The van der Waals surface area contributed by atoms with E-state index < -0.39 is 5.97 Å². The third-order valence-corrected chi connectivity index (χ3v) is 4.66. The number of carboxylic acids is 1. The number of nitrogens with zero attached hydrogens (tertiary/aromatic N) is 2. The third-order valence-electron chi connectivity index (χ3n) is 4.66. The second-order valence-electron chi connectivity index (χ2n) is 6.63. The summed E-state index contributed by atoms with van der Waals surface area (Å²) in [7, 11) is 1.47. The third kappa shape index (κ3) is 4.43. The summed E-state index contributed by atoms with van der Waals surface area (Å²) in [5.74, 6) is -0.752. The number of carboxylic acid groups (broad SMARTS) is 1. The molecule has 6 heteroatoms. The smallest absolute Gasteiger partial charge is 0.307 e. The molecule has 3 aromatic rings. The highest BCUT2D eigenvalue weighted by Crippen LogP contribution is 2.22. The molecule has 1 heterocycles. The van der Waals surface area contributed by atoms with Gasteiger partial charge in [-0.05, 0) is 56.3 Å². The first kappa shape index (κ1) is 20.1. The molecule has 1 aromatic heterocycles. The fraction of sp³-hybridized carbons (Fsp3) is 0.174. The fourth-order valence-corrected chi connectivity index (χ4v) is 3.20. The first-order chi connectivity index (χ1) is 13.9. The normalized spacial score (nSPS) is 11.0. The van der Waals surface area contributed by atoms with Crippen LogP contribution in [0.15, 0.2) is 54.6 Å². The Balaban J connectivity index is 1.88. The number of methoxy groups -OCH3 is 1. The number of ether oxygens (including phenoxy) is 1. The zero-order valence-corrected chi connectivity index (χ0v) is 16.5. The molecule has 0 aliphatic rings. The molecule has 0 aliphatic heterocycles. The van der Waals surface area contributed by atoms with Crippen molar-refractivity contribution < 1.29 is 19.4 Å². The molecule has 0 saturated carbocycles. The van der Waals surface area contributed by atoms with Crippen LogP contribution in [-0.2, 0) is 11.2 Å². The summed E-state index contributed by atoms with van der Waals surface area (Å²) >= 11 is 0. The lowest BCUT2D eigenvalue weighted by Gasteiger charge is -2.08. The van der Waals surface area contributed by atoms with Gasteiger partial charge < -0.3 is 9.84 Å². The molecule has 148 valence electrons. The number of carbonyl (C=O) groups is 2. The average molecular weight is 390 g/mol. The number of allylic oxidation sites excluding steroid dienone is 1. The second-order valence-corrected chi connectivity index (χ2v) is 6.63. The van der Waals surface area contributed by atoms with E-state index in [9.17, 15) is 9.59 Å². The molecule has 0 saturated heterocycles. The molecule has 0 radical (unpaired) electrons. The number of hydrogen-bond donors (Lipinski definition) is 1. The molecular formula is C23H22N2O4. The summed E-state index contributed by atoms with van der Waals surface area (Å²) in [4.78, 5) is 23.7. The van der Waals surface area contributed by atoms with Crippen LogP contribution in [0.1, 0.15) is 32.9 Å². The van der Waals surface area contributed by atoms with Crippen molar-refractivity contribution in [2.75, 3.05) is 7.11 Å². The SMILES string of the molecule is COc1ccc(C(=O)/C=C/c2c(C)nn(-c3ccccc3)c2C)cc1CC(=O)O. The molecule has 0 unspecified atom stereocenters. The van der Waals surface area contributed by atoms with Gasteiger partial charge in [-0.25, -0.2) is 4.68 Å². The summed E-state index contributed by atoms with van der Waals surface area (Å²) < 4.78 is 7.03. The zero-order chi connectivity index (χ0) is 21.0. The van der Waals surface area contributed by atoms with Gasteiger partial charge in [-0.3, -0.25) is 9.59 Å². The number of rotatable bonds is 7. The molecule has 3 rings (SSSR count). The Morgan fingerprint density at radius 2 is 1.86 bits per heavy atom. The van der Waals surface area contributed by atoms with E-state index in [4.69, 9.17) is 9.84 Å². The minimum atomic E-state index is -0.983. The number of aryl methyl sites for hydroxylation is 1. The van der Waals surface area contributed by atoms with Crippen molar-refractivity contribution in [3.63, 3.8) is 0 Å². The molecular weight excluding hydrogens is 368 g/mol. The van der Waals surface area contributed by atoms with Crippen LogP contribution in [-0.4, -0.2) is 33.7 Å². The first-order valence-corrected chi connectivity index (χ1v) is 9.13. The molecule has 0 fully saturated rings. The van der Waals surface area contributed by atoms with Crippen molar-refractivity contribution >= 4 is 17.8 Å². The number of para-hydroxylation sites is 1. The quantitative estimate of drug-likeness (QED) is 0.487. The van der Waals surface area contributed by atoms with Crippen molar-refractivity contribution in [1.29, 1.82) is 0 Å². The summed E-state index contributed by atoms with van der Waals surface area (Å²) in [6.45, 7) is 3.85. The van der Waals surface area contributed by atoms with Gasteiger partial charge in [-0.1, -0.05) is 18.2 Å². The maximum atomic E-state index is 12.7. The van der Waals surface area contributed by atoms with Crippen LogP contribution in [0, 0.1) is 13.8 Å². The van der Waals surface area contributed by atoms with E-state index in [2.05, 4.69) is 5.10 Å². The molecule has 0 bridgehead atoms. The number of benzene rings is 2. The van der Waals surface area contributed by atoms with Gasteiger partial charge in [0, 0.05) is 22.4 Å². The van der Waals surface area contributed by atoms with Crippen LogP contribution in [0.25, 0.3) is 11.8 Å². The Labute approximate surface area is 169 Å². The maximum Gasteiger partial charge on any atom is 0.307 e. The fourth-order valence-electron chi connectivity index (χ4n) is 3.20. The van der Waals surface area contributed by atoms with Gasteiger partial charge in [0.25, 0.3) is 0 Å². The first-order valence-electron chi connectivity index (χ1n) is 9.13. The lowest BCUT2D eigenvalue weighted by atomic mass is 10.0. The van der Waals surface area contributed by atoms with Gasteiger partial charge in [0.2, 0.25) is 0 Å². The summed E-state index contributed by atoms with van der Waals surface area (Å²) in [6, 6.07) is 14.6. The topological polar surface area (TPSA) is 81.4 Å². The van der Waals surface area contributed by atoms with E-state index in [0.29, 0.717) is 16.9 Å². The van der Waals surface area contributed by atoms with Gasteiger partial charge in [0.05, 0.1) is 24.9 Å². The minimum absolute atomic E-state index is 0.212. The number of hydrogen-bond acceptors (Lipinski definition) is 4. The van der Waals surface area contributed by atoms with Crippen molar-refractivity contribution in [2.24, 2.45) is 0 Å². The predicted octanol–water partition coefficient (Wildman–Crippen LogP) is 4.02. The number of ketones is 1. The standard InChI is InChI=1S/C23H22N2O4/c1-15-20(16(2)25(24-15)19-7-5-4-6-8-19)10-11-21(26)17-9-12-22(29-3)18(13-17)14-23(27)28/h4-13H,14H2,1-3H3,(H,27,28)/b11-10+. The van der Waals surface area contributed by atoms with Crippen molar-refractivity contribution in [1.82, 2.24) is 9.78 Å². The van der Waals surface area contributed by atoms with Gasteiger partial charge in [0.15, 0.2) is 5.78 Å². The Morgan fingerprint density at radius 1 is 1.14 bits per heavy atom. The molecule has 0 atom stereocenters. The minimum Gasteiger partial charge on any atom is -0.496 e. The Hall–Kier alpha value is -3.67. The summed E-state index contributed by atoms with van der Waals surface area (Å²) in [5, 5.41) is 13.6. The molecule has 29 heavy (non-hydrogen) atoms. The molecule has 0 spiro atoms.